The first-order chi connectivity index (χ1) is 9.64. The van der Waals surface area contributed by atoms with Gasteiger partial charge in [-0.15, -0.1) is 0 Å². The molecule has 2 unspecified atom stereocenters. The second kappa shape index (κ2) is 8.26. The molecule has 0 saturated heterocycles. The van der Waals surface area contributed by atoms with Crippen LogP contribution in [0.4, 0.5) is 0 Å². The van der Waals surface area contributed by atoms with Gasteiger partial charge in [-0.1, -0.05) is 0 Å². The molecule has 0 aliphatic heterocycles. The number of carbonyl (C=O) groups excluding carboxylic acids is 1. The zero-order valence-electron chi connectivity index (χ0n) is 11.1. The smallest absolute Gasteiger partial charge is 0.352 e. The second-order valence-corrected chi connectivity index (χ2v) is 4.51. The van der Waals surface area contributed by atoms with Crippen molar-refractivity contribution in [2.75, 3.05) is 12.3 Å². The summed E-state index contributed by atoms with van der Waals surface area (Å²) >= 11 is 3.82. The number of aliphatic imine (C=N–C) groups is 1. The first-order valence-corrected chi connectivity index (χ1v) is 6.42. The largest absolute Gasteiger partial charge is 0.478 e. The molecule has 0 heterocycles. The van der Waals surface area contributed by atoms with Gasteiger partial charge in [0.2, 0.25) is 18.1 Å². The normalized spacial score (nSPS) is 14.6. The fourth-order valence-electron chi connectivity index (χ4n) is 1.42. The SMILES string of the molecule is NC(N)=NC(CCC[N+](=O)[O-])(NC(=O)C(N)CS)C(=O)O. The first kappa shape index (κ1) is 18.9. The number of hydrogen-bond acceptors (Lipinski definition) is 7. The summed E-state index contributed by atoms with van der Waals surface area (Å²) in [6.07, 6.45) is -0.529. The van der Waals surface area contributed by atoms with E-state index >= 15 is 0 Å². The lowest BCUT2D eigenvalue weighted by Crippen LogP contribution is -2.58. The number of nitrogens with two attached hydrogens (primary N) is 3. The highest BCUT2D eigenvalue weighted by molar-refractivity contribution is 7.80. The predicted octanol–water partition coefficient (Wildman–Crippen LogP) is -2.53. The van der Waals surface area contributed by atoms with Gasteiger partial charge in [0, 0.05) is 23.5 Å². The van der Waals surface area contributed by atoms with Crippen LogP contribution in [0.25, 0.3) is 0 Å². The van der Waals surface area contributed by atoms with Crippen LogP contribution in [0.5, 0.6) is 0 Å². The van der Waals surface area contributed by atoms with E-state index in [4.69, 9.17) is 17.2 Å². The Morgan fingerprint density at radius 3 is 2.43 bits per heavy atom. The maximum Gasteiger partial charge on any atom is 0.352 e. The minimum atomic E-state index is -2.20. The number of nitrogens with zero attached hydrogens (tertiary/aromatic N) is 2. The van der Waals surface area contributed by atoms with E-state index in [1.54, 1.807) is 0 Å². The number of carboxylic acids is 1. The van der Waals surface area contributed by atoms with Gasteiger partial charge in [0.05, 0.1) is 6.04 Å². The highest BCUT2D eigenvalue weighted by Gasteiger charge is 2.41. The third kappa shape index (κ3) is 6.27. The van der Waals surface area contributed by atoms with Crippen molar-refractivity contribution in [3.05, 3.63) is 10.1 Å². The van der Waals surface area contributed by atoms with Gasteiger partial charge in [-0.25, -0.2) is 9.79 Å². The minimum Gasteiger partial charge on any atom is -0.478 e. The van der Waals surface area contributed by atoms with Crippen molar-refractivity contribution in [1.82, 2.24) is 5.32 Å². The van der Waals surface area contributed by atoms with Crippen LogP contribution in [0.2, 0.25) is 0 Å². The lowest BCUT2D eigenvalue weighted by Gasteiger charge is -2.27. The Bertz CT molecular complexity index is 440. The Balaban J connectivity index is 5.29. The average molecular weight is 322 g/mol. The highest BCUT2D eigenvalue weighted by atomic mass is 32.1. The molecule has 0 saturated carbocycles. The molecule has 120 valence electrons. The van der Waals surface area contributed by atoms with Crippen molar-refractivity contribution in [1.29, 1.82) is 0 Å². The van der Waals surface area contributed by atoms with E-state index in [9.17, 15) is 24.8 Å². The number of nitro groups is 1. The second-order valence-electron chi connectivity index (χ2n) is 4.14. The maximum absolute atomic E-state index is 11.7. The molecule has 8 N–H and O–H groups in total. The van der Waals surface area contributed by atoms with Gasteiger partial charge in [0.15, 0.2) is 5.96 Å². The summed E-state index contributed by atoms with van der Waals surface area (Å²) in [5.41, 5.74) is 13.6. The van der Waals surface area contributed by atoms with Gasteiger partial charge in [0.1, 0.15) is 0 Å². The number of hydrogen-bond donors (Lipinski definition) is 6. The van der Waals surface area contributed by atoms with E-state index < -0.39 is 41.0 Å². The van der Waals surface area contributed by atoms with Crippen LogP contribution in [0.15, 0.2) is 4.99 Å². The molecule has 11 nitrogen and oxygen atoms in total. The molecule has 0 aromatic carbocycles. The summed E-state index contributed by atoms with van der Waals surface area (Å²) in [6.45, 7) is -0.497. The molecule has 0 aliphatic carbocycles. The van der Waals surface area contributed by atoms with Crippen LogP contribution in [0.1, 0.15) is 12.8 Å². The summed E-state index contributed by atoms with van der Waals surface area (Å²) in [5, 5.41) is 21.7. The van der Waals surface area contributed by atoms with Crippen LogP contribution in [0, 0.1) is 10.1 Å². The van der Waals surface area contributed by atoms with E-state index in [1.807, 2.05) is 0 Å². The molecule has 21 heavy (non-hydrogen) atoms. The first-order valence-electron chi connectivity index (χ1n) is 5.79. The van der Waals surface area contributed by atoms with E-state index in [0.717, 1.165) is 0 Å². The van der Waals surface area contributed by atoms with Crippen molar-refractivity contribution in [2.45, 2.75) is 24.5 Å². The third-order valence-corrected chi connectivity index (χ3v) is 2.81. The van der Waals surface area contributed by atoms with Crippen molar-refractivity contribution in [2.24, 2.45) is 22.2 Å². The van der Waals surface area contributed by atoms with E-state index in [-0.39, 0.29) is 18.6 Å². The number of aliphatic carboxylic acids is 1. The quantitative estimate of drug-likeness (QED) is 0.0876. The van der Waals surface area contributed by atoms with Gasteiger partial charge in [-0.2, -0.15) is 12.6 Å². The molecule has 0 radical (unpaired) electrons. The monoisotopic (exact) mass is 322 g/mol. The average Bonchev–Trinajstić information content (AvgIpc) is 2.35. The molecule has 0 aromatic rings. The zero-order chi connectivity index (χ0) is 16.6. The molecular formula is C9H18N6O5S. The number of thiol groups is 1. The van der Waals surface area contributed by atoms with Crippen LogP contribution in [-0.2, 0) is 9.59 Å². The minimum absolute atomic E-state index is 0.0295. The van der Waals surface area contributed by atoms with E-state index in [2.05, 4.69) is 22.9 Å². The van der Waals surface area contributed by atoms with Gasteiger partial charge >= 0.3 is 5.97 Å². The van der Waals surface area contributed by atoms with Crippen LogP contribution < -0.4 is 22.5 Å². The van der Waals surface area contributed by atoms with Gasteiger partial charge in [-0.05, 0) is 0 Å². The number of carboxylic acid groups (broad SMARTS) is 1. The zero-order valence-corrected chi connectivity index (χ0v) is 12.0. The van der Waals surface area contributed by atoms with Crippen LogP contribution in [0.3, 0.4) is 0 Å². The number of guanidine groups is 1. The van der Waals surface area contributed by atoms with E-state index in [1.165, 1.54) is 0 Å². The van der Waals surface area contributed by atoms with Crippen LogP contribution in [-0.4, -0.2) is 51.9 Å². The number of amides is 1. The summed E-state index contributed by atoms with van der Waals surface area (Å²) < 4.78 is 0. The van der Waals surface area contributed by atoms with Crippen molar-refractivity contribution in [3.8, 4) is 0 Å². The molecule has 1 amide bonds. The Labute approximate surface area is 125 Å². The molecule has 2 atom stereocenters. The predicted molar refractivity (Wildman–Crippen MR) is 77.2 cm³/mol. The molecule has 0 rings (SSSR count). The molecule has 0 fully saturated rings. The van der Waals surface area contributed by atoms with Gasteiger partial charge in [0.25, 0.3) is 0 Å². The number of nitrogens with one attached hydrogen (secondary N) is 1. The highest BCUT2D eigenvalue weighted by Crippen LogP contribution is 2.16. The van der Waals surface area contributed by atoms with Gasteiger partial charge in [-0.3, -0.25) is 14.9 Å². The van der Waals surface area contributed by atoms with Crippen molar-refractivity contribution < 1.29 is 19.6 Å². The Kier molecular flexibility index (Phi) is 7.44. The molecular weight excluding hydrogens is 304 g/mol. The lowest BCUT2D eigenvalue weighted by atomic mass is 10.0. The van der Waals surface area contributed by atoms with Crippen molar-refractivity contribution >= 4 is 30.5 Å². The maximum atomic E-state index is 11.7. The Morgan fingerprint density at radius 1 is 1.48 bits per heavy atom. The Hall–Kier alpha value is -2.08. The standard InChI is InChI=1S/C9H18N6O5S/c10-5(4-21)6(16)13-9(7(17)18,14-8(11)12)2-1-3-15(19)20/h5,21H,1-4,10H2,(H,13,16)(H,17,18)(H4,11,12,14). The number of rotatable bonds is 9. The molecule has 0 spiro atoms. The molecule has 0 aromatic heterocycles. The summed E-state index contributed by atoms with van der Waals surface area (Å²) in [7, 11) is 0. The fraction of sp³-hybridized carbons (Fsp3) is 0.667. The summed E-state index contributed by atoms with van der Waals surface area (Å²) in [5.74, 6) is -3.01. The Morgan fingerprint density at radius 2 is 2.05 bits per heavy atom. The number of carbonyl (C=O) groups is 2. The van der Waals surface area contributed by atoms with Crippen LogP contribution >= 0.6 is 12.6 Å². The van der Waals surface area contributed by atoms with E-state index in [0.29, 0.717) is 0 Å². The molecule has 0 aliphatic rings. The fourth-order valence-corrected chi connectivity index (χ4v) is 1.58. The van der Waals surface area contributed by atoms with Gasteiger partial charge < -0.3 is 27.6 Å². The molecule has 0 bridgehead atoms. The van der Waals surface area contributed by atoms with Crippen molar-refractivity contribution in [3.63, 3.8) is 0 Å². The molecule has 12 heteroatoms. The lowest BCUT2D eigenvalue weighted by molar-refractivity contribution is -0.480. The third-order valence-electron chi connectivity index (χ3n) is 2.42. The summed E-state index contributed by atoms with van der Waals surface area (Å²) in [6, 6.07) is -1.07. The topological polar surface area (TPSA) is 200 Å². The summed E-state index contributed by atoms with van der Waals surface area (Å²) in [4.78, 5) is 36.3.